The first-order valence-electron chi connectivity index (χ1n) is 13.3. The van der Waals surface area contributed by atoms with Gasteiger partial charge >= 0.3 is 12.3 Å². The molecule has 39 heavy (non-hydrogen) atoms. The molecule has 0 saturated carbocycles. The van der Waals surface area contributed by atoms with Crippen molar-refractivity contribution < 1.29 is 36.9 Å². The number of alkyl halides is 3. The Balaban J connectivity index is 1.77. The smallest absolute Gasteiger partial charge is 0.490 e. The number of carbonyl (C=O) groups excluding carboxylic acids is 1. The summed E-state index contributed by atoms with van der Waals surface area (Å²) in [6, 6.07) is 21.1. The van der Waals surface area contributed by atoms with Gasteiger partial charge < -0.3 is 18.9 Å². The predicted octanol–water partition coefficient (Wildman–Crippen LogP) is 8.15. The summed E-state index contributed by atoms with van der Waals surface area (Å²) in [4.78, 5) is 12.5. The Morgan fingerprint density at radius 2 is 1.56 bits per heavy atom. The van der Waals surface area contributed by atoms with Gasteiger partial charge in [-0.1, -0.05) is 61.9 Å². The standard InChI is InChI=1S/C31H35F3O5/c1-3-5-14-28(30(35)36-4-2)38-27-20-17-25(24-15-18-26(19-16-24)39-31(32,33)34)22-29(27)37-21-10-9-13-23-11-7-6-8-12-23/h6-8,11-12,15-20,22,28H,3-5,9-10,13-14,21H2,1-2H3. The zero-order valence-electron chi connectivity index (χ0n) is 22.3. The van der Waals surface area contributed by atoms with Crippen molar-refractivity contribution in [3.63, 3.8) is 0 Å². The number of carbonyl (C=O) groups is 1. The van der Waals surface area contributed by atoms with Crippen LogP contribution in [0.4, 0.5) is 13.2 Å². The molecule has 0 aliphatic rings. The monoisotopic (exact) mass is 544 g/mol. The number of benzene rings is 3. The van der Waals surface area contributed by atoms with Gasteiger partial charge in [0.1, 0.15) is 5.75 Å². The second-order valence-corrected chi connectivity index (χ2v) is 9.03. The highest BCUT2D eigenvalue weighted by Crippen LogP contribution is 2.35. The average molecular weight is 545 g/mol. The van der Waals surface area contributed by atoms with Crippen molar-refractivity contribution in [3.05, 3.63) is 78.4 Å². The van der Waals surface area contributed by atoms with Crippen molar-refractivity contribution >= 4 is 5.97 Å². The molecular formula is C31H35F3O5. The van der Waals surface area contributed by atoms with Crippen LogP contribution >= 0.6 is 0 Å². The molecule has 8 heteroatoms. The number of rotatable bonds is 15. The molecule has 0 aliphatic carbocycles. The number of esters is 1. The number of ether oxygens (including phenoxy) is 4. The highest BCUT2D eigenvalue weighted by atomic mass is 19.4. The van der Waals surface area contributed by atoms with Crippen molar-refractivity contribution in [1.29, 1.82) is 0 Å². The van der Waals surface area contributed by atoms with E-state index >= 15 is 0 Å². The van der Waals surface area contributed by atoms with Gasteiger partial charge in [-0.3, -0.25) is 0 Å². The summed E-state index contributed by atoms with van der Waals surface area (Å²) in [5.41, 5.74) is 2.66. The molecule has 3 aromatic rings. The molecule has 1 atom stereocenters. The van der Waals surface area contributed by atoms with Crippen LogP contribution in [0.1, 0.15) is 51.5 Å². The van der Waals surface area contributed by atoms with Crippen molar-refractivity contribution in [3.8, 4) is 28.4 Å². The van der Waals surface area contributed by atoms with E-state index in [1.807, 2.05) is 25.1 Å². The van der Waals surface area contributed by atoms with Crippen molar-refractivity contribution in [2.24, 2.45) is 0 Å². The molecule has 0 spiro atoms. The lowest BCUT2D eigenvalue weighted by Gasteiger charge is -2.20. The molecule has 0 saturated heterocycles. The van der Waals surface area contributed by atoms with Gasteiger partial charge in [-0.05, 0) is 80.0 Å². The quantitative estimate of drug-likeness (QED) is 0.143. The lowest BCUT2D eigenvalue weighted by atomic mass is 10.0. The van der Waals surface area contributed by atoms with E-state index < -0.39 is 18.4 Å². The van der Waals surface area contributed by atoms with Crippen LogP contribution in [-0.2, 0) is 16.0 Å². The Bertz CT molecular complexity index is 1150. The second-order valence-electron chi connectivity index (χ2n) is 9.03. The van der Waals surface area contributed by atoms with Crippen LogP contribution in [0, 0.1) is 0 Å². The second kappa shape index (κ2) is 15.0. The first-order chi connectivity index (χ1) is 18.8. The van der Waals surface area contributed by atoms with Gasteiger partial charge in [0.25, 0.3) is 0 Å². The molecule has 1 unspecified atom stereocenters. The molecule has 5 nitrogen and oxygen atoms in total. The summed E-state index contributed by atoms with van der Waals surface area (Å²) in [6.45, 7) is 4.47. The van der Waals surface area contributed by atoms with Gasteiger partial charge in [0, 0.05) is 0 Å². The Labute approximate surface area is 227 Å². The molecule has 0 aromatic heterocycles. The van der Waals surface area contributed by atoms with Gasteiger partial charge in [0.05, 0.1) is 13.2 Å². The molecule has 0 aliphatic heterocycles. The van der Waals surface area contributed by atoms with Crippen LogP contribution in [0.15, 0.2) is 72.8 Å². The predicted molar refractivity (Wildman–Crippen MR) is 144 cm³/mol. The van der Waals surface area contributed by atoms with E-state index in [4.69, 9.17) is 14.2 Å². The Morgan fingerprint density at radius 1 is 0.846 bits per heavy atom. The highest BCUT2D eigenvalue weighted by molar-refractivity contribution is 5.75. The third kappa shape index (κ3) is 10.2. The van der Waals surface area contributed by atoms with E-state index in [0.717, 1.165) is 37.7 Å². The Kier molecular flexibility index (Phi) is 11.5. The average Bonchev–Trinajstić information content (AvgIpc) is 2.91. The number of hydrogen-bond donors (Lipinski definition) is 0. The van der Waals surface area contributed by atoms with Crippen LogP contribution in [0.2, 0.25) is 0 Å². The van der Waals surface area contributed by atoms with E-state index in [1.165, 1.54) is 17.7 Å². The largest absolute Gasteiger partial charge is 0.573 e. The minimum atomic E-state index is -4.75. The zero-order chi connectivity index (χ0) is 28.1. The van der Waals surface area contributed by atoms with Gasteiger partial charge in [0.2, 0.25) is 0 Å². The van der Waals surface area contributed by atoms with Gasteiger partial charge in [-0.15, -0.1) is 13.2 Å². The van der Waals surface area contributed by atoms with Crippen LogP contribution in [0.5, 0.6) is 17.2 Å². The minimum absolute atomic E-state index is 0.253. The first-order valence-corrected chi connectivity index (χ1v) is 13.3. The van der Waals surface area contributed by atoms with E-state index in [1.54, 1.807) is 37.3 Å². The van der Waals surface area contributed by atoms with Gasteiger partial charge in [-0.25, -0.2) is 4.79 Å². The summed E-state index contributed by atoms with van der Waals surface area (Å²) in [5.74, 6) is 0.139. The fourth-order valence-electron chi connectivity index (χ4n) is 4.01. The molecular weight excluding hydrogens is 509 g/mol. The molecule has 210 valence electrons. The summed E-state index contributed by atoms with van der Waals surface area (Å²) in [6.07, 6.45) is -0.650. The summed E-state index contributed by atoms with van der Waals surface area (Å²) in [5, 5.41) is 0. The normalized spacial score (nSPS) is 12.0. The lowest BCUT2D eigenvalue weighted by Crippen LogP contribution is -2.29. The molecule has 0 fully saturated rings. The molecule has 3 rings (SSSR count). The van der Waals surface area contributed by atoms with E-state index in [9.17, 15) is 18.0 Å². The fraction of sp³-hybridized carbons (Fsp3) is 0.387. The lowest BCUT2D eigenvalue weighted by molar-refractivity contribution is -0.274. The van der Waals surface area contributed by atoms with Crippen LogP contribution in [0.3, 0.4) is 0 Å². The topological polar surface area (TPSA) is 54.0 Å². The zero-order valence-corrected chi connectivity index (χ0v) is 22.3. The highest BCUT2D eigenvalue weighted by Gasteiger charge is 2.31. The van der Waals surface area contributed by atoms with Crippen LogP contribution in [0.25, 0.3) is 11.1 Å². The van der Waals surface area contributed by atoms with Gasteiger partial charge in [-0.2, -0.15) is 0 Å². The van der Waals surface area contributed by atoms with Crippen molar-refractivity contribution in [1.82, 2.24) is 0 Å². The molecule has 0 N–H and O–H groups in total. The third-order valence-corrected chi connectivity index (χ3v) is 5.96. The summed E-state index contributed by atoms with van der Waals surface area (Å²) >= 11 is 0. The molecule has 0 radical (unpaired) electrons. The number of halogens is 3. The fourth-order valence-corrected chi connectivity index (χ4v) is 4.01. The third-order valence-electron chi connectivity index (χ3n) is 5.96. The van der Waals surface area contributed by atoms with E-state index in [-0.39, 0.29) is 12.4 Å². The molecule has 0 heterocycles. The van der Waals surface area contributed by atoms with Crippen LogP contribution < -0.4 is 14.2 Å². The van der Waals surface area contributed by atoms with Crippen molar-refractivity contribution in [2.45, 2.75) is 64.8 Å². The maximum Gasteiger partial charge on any atom is 0.573 e. The molecule has 0 bridgehead atoms. The summed E-state index contributed by atoms with van der Waals surface area (Å²) in [7, 11) is 0. The Morgan fingerprint density at radius 3 is 2.23 bits per heavy atom. The number of unbranched alkanes of at least 4 members (excludes halogenated alkanes) is 2. The number of aryl methyl sites for hydroxylation is 1. The summed E-state index contributed by atoms with van der Waals surface area (Å²) < 4.78 is 59.0. The van der Waals surface area contributed by atoms with E-state index in [0.29, 0.717) is 30.1 Å². The van der Waals surface area contributed by atoms with Gasteiger partial charge in [0.15, 0.2) is 17.6 Å². The SMILES string of the molecule is CCCCC(Oc1ccc(-c2ccc(OC(F)(F)F)cc2)cc1OCCCCc1ccccc1)C(=O)OCC. The van der Waals surface area contributed by atoms with Crippen LogP contribution in [-0.4, -0.2) is 31.6 Å². The molecule has 3 aromatic carbocycles. The first kappa shape index (κ1) is 29.9. The maximum atomic E-state index is 12.5. The maximum absolute atomic E-state index is 12.5. The van der Waals surface area contributed by atoms with Crippen molar-refractivity contribution in [2.75, 3.05) is 13.2 Å². The molecule has 0 amide bonds. The number of hydrogen-bond acceptors (Lipinski definition) is 5. The minimum Gasteiger partial charge on any atom is -0.490 e. The Hall–Kier alpha value is -3.68. The van der Waals surface area contributed by atoms with E-state index in [2.05, 4.69) is 16.9 Å².